The molecule has 3 aromatic rings. The smallest absolute Gasteiger partial charge is 0.261 e. The number of rotatable bonds is 7. The van der Waals surface area contributed by atoms with Crippen LogP contribution in [-0.4, -0.2) is 22.2 Å². The number of hydrogen-bond acceptors (Lipinski definition) is 6. The highest BCUT2D eigenvalue weighted by Gasteiger charge is 2.20. The van der Waals surface area contributed by atoms with Gasteiger partial charge < -0.3 is 14.6 Å². The fourth-order valence-corrected chi connectivity index (χ4v) is 3.07. The zero-order valence-electron chi connectivity index (χ0n) is 15.0. The molecule has 0 unspecified atom stereocenters. The van der Waals surface area contributed by atoms with Crippen molar-refractivity contribution in [3.8, 4) is 16.5 Å². The number of carbonyl (C=O) groups is 1. The minimum Gasteiger partial charge on any atom is -0.480 e. The number of aromatic nitrogens is 2. The van der Waals surface area contributed by atoms with Crippen LogP contribution < -0.4 is 10.1 Å². The Labute approximate surface area is 156 Å². The summed E-state index contributed by atoms with van der Waals surface area (Å²) in [6.45, 7) is 6.04. The Kier molecular flexibility index (Phi) is 5.68. The molecule has 1 amide bonds. The molecule has 1 atom stereocenters. The molecule has 2 heterocycles. The number of amides is 1. The number of aryl methyl sites for hydroxylation is 2. The third-order valence-corrected chi connectivity index (χ3v) is 4.77. The van der Waals surface area contributed by atoms with Crippen LogP contribution in [0.25, 0.3) is 10.7 Å². The van der Waals surface area contributed by atoms with Gasteiger partial charge in [-0.1, -0.05) is 30.3 Å². The lowest BCUT2D eigenvalue weighted by molar-refractivity contribution is -0.128. The van der Waals surface area contributed by atoms with E-state index in [0.717, 1.165) is 21.8 Å². The molecule has 2 aromatic heterocycles. The maximum Gasteiger partial charge on any atom is 0.261 e. The van der Waals surface area contributed by atoms with Gasteiger partial charge in [-0.15, -0.1) is 11.3 Å². The second-order valence-electron chi connectivity index (χ2n) is 5.99. The van der Waals surface area contributed by atoms with E-state index in [9.17, 15) is 4.79 Å². The molecule has 0 saturated carbocycles. The van der Waals surface area contributed by atoms with Crippen LogP contribution in [0.4, 0.5) is 0 Å². The average Bonchev–Trinajstić information content (AvgIpc) is 3.31. The molecule has 0 bridgehead atoms. The van der Waals surface area contributed by atoms with E-state index in [1.807, 2.05) is 56.5 Å². The molecule has 0 fully saturated rings. The molecule has 136 valence electrons. The molecule has 0 aliphatic carbocycles. The Bertz CT molecular complexity index is 874. The summed E-state index contributed by atoms with van der Waals surface area (Å²) < 4.78 is 11.1. The van der Waals surface area contributed by atoms with Crippen molar-refractivity contribution in [3.05, 3.63) is 52.7 Å². The normalized spacial score (nSPS) is 12.0. The molecule has 7 heteroatoms. The molecule has 1 aromatic carbocycles. The van der Waals surface area contributed by atoms with Crippen molar-refractivity contribution in [2.75, 3.05) is 0 Å². The monoisotopic (exact) mass is 371 g/mol. The Morgan fingerprint density at radius 2 is 2.19 bits per heavy atom. The number of thiophene rings is 1. The van der Waals surface area contributed by atoms with E-state index in [0.29, 0.717) is 18.1 Å². The fraction of sp³-hybridized carbons (Fsp3) is 0.316. The van der Waals surface area contributed by atoms with E-state index >= 15 is 0 Å². The van der Waals surface area contributed by atoms with Gasteiger partial charge in [-0.2, -0.15) is 4.98 Å². The van der Waals surface area contributed by atoms with Crippen molar-refractivity contribution >= 4 is 17.2 Å². The van der Waals surface area contributed by atoms with Crippen LogP contribution in [-0.2, 0) is 11.3 Å². The second kappa shape index (κ2) is 8.14. The van der Waals surface area contributed by atoms with Gasteiger partial charge in [0.25, 0.3) is 5.91 Å². The lowest BCUT2D eigenvalue weighted by Gasteiger charge is -2.18. The van der Waals surface area contributed by atoms with Crippen LogP contribution in [0.3, 0.4) is 0 Å². The van der Waals surface area contributed by atoms with Crippen LogP contribution in [0.15, 0.2) is 40.2 Å². The molecule has 0 saturated heterocycles. The quantitative estimate of drug-likeness (QED) is 0.682. The summed E-state index contributed by atoms with van der Waals surface area (Å²) in [4.78, 5) is 17.7. The van der Waals surface area contributed by atoms with Crippen molar-refractivity contribution < 1.29 is 14.1 Å². The van der Waals surface area contributed by atoms with Crippen molar-refractivity contribution in [1.29, 1.82) is 0 Å². The molecular weight excluding hydrogens is 350 g/mol. The highest BCUT2D eigenvalue weighted by Crippen LogP contribution is 2.22. The van der Waals surface area contributed by atoms with Gasteiger partial charge in [-0.3, -0.25) is 4.79 Å². The van der Waals surface area contributed by atoms with Crippen LogP contribution >= 0.6 is 11.3 Å². The molecule has 0 aliphatic rings. The summed E-state index contributed by atoms with van der Waals surface area (Å²) in [7, 11) is 0. The third kappa shape index (κ3) is 4.29. The number of carbonyl (C=O) groups excluding carboxylic acids is 1. The predicted octanol–water partition coefficient (Wildman–Crippen LogP) is 3.89. The standard InChI is InChI=1S/C19H21N3O3S/c1-4-14(24-15-10-12(2)7-8-13(15)3)19(23)20-11-17-21-18(22-25-17)16-6-5-9-26-16/h5-10,14H,4,11H2,1-3H3,(H,20,23)/t14-/m0/s1. The summed E-state index contributed by atoms with van der Waals surface area (Å²) in [5.41, 5.74) is 2.09. The maximum absolute atomic E-state index is 12.5. The highest BCUT2D eigenvalue weighted by atomic mass is 32.1. The number of hydrogen-bond donors (Lipinski definition) is 1. The van der Waals surface area contributed by atoms with Gasteiger partial charge in [-0.25, -0.2) is 0 Å². The number of nitrogens with one attached hydrogen (secondary N) is 1. The van der Waals surface area contributed by atoms with Gasteiger partial charge in [0.2, 0.25) is 11.7 Å². The molecular formula is C19H21N3O3S. The van der Waals surface area contributed by atoms with Crippen LogP contribution in [0.2, 0.25) is 0 Å². The first-order valence-electron chi connectivity index (χ1n) is 8.45. The van der Waals surface area contributed by atoms with E-state index in [4.69, 9.17) is 9.26 Å². The van der Waals surface area contributed by atoms with Crippen LogP contribution in [0.1, 0.15) is 30.4 Å². The number of benzene rings is 1. The zero-order chi connectivity index (χ0) is 18.5. The van der Waals surface area contributed by atoms with Gasteiger partial charge >= 0.3 is 0 Å². The minimum atomic E-state index is -0.574. The van der Waals surface area contributed by atoms with Crippen molar-refractivity contribution in [2.45, 2.75) is 39.8 Å². The Hall–Kier alpha value is -2.67. The van der Waals surface area contributed by atoms with Crippen molar-refractivity contribution in [2.24, 2.45) is 0 Å². The first kappa shape index (κ1) is 18.1. The van der Waals surface area contributed by atoms with E-state index in [1.54, 1.807) is 0 Å². The predicted molar refractivity (Wildman–Crippen MR) is 100 cm³/mol. The number of ether oxygens (including phenoxy) is 1. The van der Waals surface area contributed by atoms with E-state index in [-0.39, 0.29) is 12.5 Å². The summed E-state index contributed by atoms with van der Waals surface area (Å²) in [5, 5.41) is 8.69. The zero-order valence-corrected chi connectivity index (χ0v) is 15.8. The van der Waals surface area contributed by atoms with Gasteiger partial charge in [0.1, 0.15) is 5.75 Å². The first-order valence-corrected chi connectivity index (χ1v) is 9.33. The molecule has 6 nitrogen and oxygen atoms in total. The van der Waals surface area contributed by atoms with Crippen LogP contribution in [0.5, 0.6) is 5.75 Å². The Morgan fingerprint density at radius 1 is 1.35 bits per heavy atom. The summed E-state index contributed by atoms with van der Waals surface area (Å²) in [5.74, 6) is 1.42. The molecule has 26 heavy (non-hydrogen) atoms. The minimum absolute atomic E-state index is 0.171. The summed E-state index contributed by atoms with van der Waals surface area (Å²) in [6, 6.07) is 9.79. The van der Waals surface area contributed by atoms with E-state index in [1.165, 1.54) is 11.3 Å². The molecule has 0 radical (unpaired) electrons. The van der Waals surface area contributed by atoms with E-state index in [2.05, 4.69) is 15.5 Å². The molecule has 0 spiro atoms. The topological polar surface area (TPSA) is 77.2 Å². The van der Waals surface area contributed by atoms with Gasteiger partial charge in [0.15, 0.2) is 6.10 Å². The Morgan fingerprint density at radius 3 is 2.92 bits per heavy atom. The van der Waals surface area contributed by atoms with Crippen LogP contribution in [0, 0.1) is 13.8 Å². The first-order chi connectivity index (χ1) is 12.6. The second-order valence-corrected chi connectivity index (χ2v) is 6.94. The highest BCUT2D eigenvalue weighted by molar-refractivity contribution is 7.13. The third-order valence-electron chi connectivity index (χ3n) is 3.90. The van der Waals surface area contributed by atoms with E-state index < -0.39 is 6.10 Å². The van der Waals surface area contributed by atoms with Gasteiger partial charge in [0, 0.05) is 0 Å². The van der Waals surface area contributed by atoms with Gasteiger partial charge in [0.05, 0.1) is 11.4 Å². The van der Waals surface area contributed by atoms with Crippen molar-refractivity contribution in [1.82, 2.24) is 15.5 Å². The van der Waals surface area contributed by atoms with Gasteiger partial charge in [-0.05, 0) is 48.9 Å². The average molecular weight is 371 g/mol. The summed E-state index contributed by atoms with van der Waals surface area (Å²) >= 11 is 1.53. The fourth-order valence-electron chi connectivity index (χ4n) is 2.42. The maximum atomic E-state index is 12.5. The van der Waals surface area contributed by atoms with Crippen molar-refractivity contribution in [3.63, 3.8) is 0 Å². The Balaban J connectivity index is 1.60. The summed E-state index contributed by atoms with van der Waals surface area (Å²) in [6.07, 6.45) is -0.0149. The molecule has 0 aliphatic heterocycles. The molecule has 1 N–H and O–H groups in total. The molecule has 3 rings (SSSR count). The lowest BCUT2D eigenvalue weighted by atomic mass is 10.1. The largest absolute Gasteiger partial charge is 0.480 e. The SMILES string of the molecule is CC[C@H](Oc1cc(C)ccc1C)C(=O)NCc1nc(-c2cccs2)no1. The lowest BCUT2D eigenvalue weighted by Crippen LogP contribution is -2.37. The number of nitrogens with zero attached hydrogens (tertiary/aromatic N) is 2.